The van der Waals surface area contributed by atoms with Crippen molar-refractivity contribution in [1.82, 2.24) is 10.3 Å². The molecule has 1 rings (SSSR count). The van der Waals surface area contributed by atoms with E-state index >= 15 is 0 Å². The number of aromatic nitrogens is 1. The Hall–Kier alpha value is -1.91. The molecule has 1 heterocycles. The lowest BCUT2D eigenvalue weighted by molar-refractivity contribution is -0.152. The van der Waals surface area contributed by atoms with Crippen molar-refractivity contribution in [2.24, 2.45) is 5.41 Å². The molecule has 0 spiro atoms. The van der Waals surface area contributed by atoms with E-state index in [0.29, 0.717) is 19.4 Å². The molecule has 5 nitrogen and oxygen atoms in total. The lowest BCUT2D eigenvalue weighted by Crippen LogP contribution is -2.36. The SMILES string of the molecule is CCC(CC)(CC(=O)NCc1ccncc1)C(=O)O. The lowest BCUT2D eigenvalue weighted by Gasteiger charge is -2.25. The van der Waals surface area contributed by atoms with Crippen LogP contribution in [0, 0.1) is 5.41 Å². The number of carboxylic acid groups (broad SMARTS) is 1. The van der Waals surface area contributed by atoms with Crippen LogP contribution < -0.4 is 5.32 Å². The maximum atomic E-state index is 11.9. The summed E-state index contributed by atoms with van der Waals surface area (Å²) in [6.45, 7) is 3.99. The van der Waals surface area contributed by atoms with Gasteiger partial charge >= 0.3 is 5.97 Å². The first-order valence-corrected chi connectivity index (χ1v) is 6.43. The fraction of sp³-hybridized carbons (Fsp3) is 0.500. The summed E-state index contributed by atoms with van der Waals surface area (Å²) in [4.78, 5) is 27.1. The summed E-state index contributed by atoms with van der Waals surface area (Å²) >= 11 is 0. The van der Waals surface area contributed by atoms with Crippen LogP contribution in [0.5, 0.6) is 0 Å². The van der Waals surface area contributed by atoms with Crippen molar-refractivity contribution >= 4 is 11.9 Å². The van der Waals surface area contributed by atoms with Gasteiger partial charge in [-0.25, -0.2) is 0 Å². The van der Waals surface area contributed by atoms with Crippen LogP contribution in [0.2, 0.25) is 0 Å². The summed E-state index contributed by atoms with van der Waals surface area (Å²) in [6.07, 6.45) is 4.21. The zero-order chi connectivity index (χ0) is 14.3. The molecule has 1 amide bonds. The number of hydrogen-bond donors (Lipinski definition) is 2. The first kappa shape index (κ1) is 15.1. The van der Waals surface area contributed by atoms with Crippen LogP contribution in [0.1, 0.15) is 38.7 Å². The lowest BCUT2D eigenvalue weighted by atomic mass is 9.79. The number of carbonyl (C=O) groups is 2. The van der Waals surface area contributed by atoms with Gasteiger partial charge in [-0.3, -0.25) is 14.6 Å². The Labute approximate surface area is 113 Å². The van der Waals surface area contributed by atoms with Gasteiger partial charge in [0.25, 0.3) is 0 Å². The normalized spacial score (nSPS) is 11.1. The number of carboxylic acids is 1. The minimum absolute atomic E-state index is 0.0143. The first-order chi connectivity index (χ1) is 9.04. The molecule has 0 unspecified atom stereocenters. The van der Waals surface area contributed by atoms with Crippen molar-refractivity contribution in [3.8, 4) is 0 Å². The van der Waals surface area contributed by atoms with Gasteiger partial charge in [-0.15, -0.1) is 0 Å². The quantitative estimate of drug-likeness (QED) is 0.789. The highest BCUT2D eigenvalue weighted by molar-refractivity contribution is 5.84. The molecule has 0 radical (unpaired) electrons. The van der Waals surface area contributed by atoms with Crippen molar-refractivity contribution in [3.63, 3.8) is 0 Å². The summed E-state index contributed by atoms with van der Waals surface area (Å²) < 4.78 is 0. The van der Waals surface area contributed by atoms with E-state index in [0.717, 1.165) is 5.56 Å². The number of nitrogens with zero attached hydrogens (tertiary/aromatic N) is 1. The van der Waals surface area contributed by atoms with Gasteiger partial charge in [0.2, 0.25) is 5.91 Å². The number of nitrogens with one attached hydrogen (secondary N) is 1. The van der Waals surface area contributed by atoms with E-state index in [9.17, 15) is 14.7 Å². The predicted octanol–water partition coefficient (Wildman–Crippen LogP) is 1.98. The topological polar surface area (TPSA) is 79.3 Å². The van der Waals surface area contributed by atoms with Crippen molar-refractivity contribution in [3.05, 3.63) is 30.1 Å². The van der Waals surface area contributed by atoms with Gasteiger partial charge in [-0.05, 0) is 30.5 Å². The van der Waals surface area contributed by atoms with Gasteiger partial charge < -0.3 is 10.4 Å². The minimum atomic E-state index is -0.956. The number of rotatable bonds is 7. The monoisotopic (exact) mass is 264 g/mol. The summed E-state index contributed by atoms with van der Waals surface area (Å²) in [6, 6.07) is 3.62. The van der Waals surface area contributed by atoms with Crippen LogP contribution in [0.3, 0.4) is 0 Å². The van der Waals surface area contributed by atoms with Crippen LogP contribution in [-0.4, -0.2) is 22.0 Å². The zero-order valence-electron chi connectivity index (χ0n) is 11.3. The van der Waals surface area contributed by atoms with E-state index < -0.39 is 11.4 Å². The number of aliphatic carboxylic acids is 1. The van der Waals surface area contributed by atoms with E-state index in [1.165, 1.54) is 0 Å². The standard InChI is InChI=1S/C14H20N2O3/c1-3-14(4-2,13(18)19)9-12(17)16-10-11-5-7-15-8-6-11/h5-8H,3-4,9-10H2,1-2H3,(H,16,17)(H,18,19). The molecule has 0 aromatic carbocycles. The molecule has 0 saturated carbocycles. The van der Waals surface area contributed by atoms with Crippen LogP contribution >= 0.6 is 0 Å². The second-order valence-electron chi connectivity index (χ2n) is 4.60. The molecule has 0 atom stereocenters. The van der Waals surface area contributed by atoms with E-state index in [-0.39, 0.29) is 12.3 Å². The molecule has 1 aromatic rings. The van der Waals surface area contributed by atoms with E-state index in [2.05, 4.69) is 10.3 Å². The second-order valence-corrected chi connectivity index (χ2v) is 4.60. The number of carbonyl (C=O) groups excluding carboxylic acids is 1. The molecule has 0 saturated heterocycles. The fourth-order valence-electron chi connectivity index (χ4n) is 1.95. The number of pyridine rings is 1. The Morgan fingerprint density at radius 3 is 2.32 bits per heavy atom. The van der Waals surface area contributed by atoms with Crippen LogP contribution in [0.25, 0.3) is 0 Å². The van der Waals surface area contributed by atoms with Crippen molar-refractivity contribution in [1.29, 1.82) is 0 Å². The van der Waals surface area contributed by atoms with Gasteiger partial charge in [0.15, 0.2) is 0 Å². The van der Waals surface area contributed by atoms with Crippen LogP contribution in [0.4, 0.5) is 0 Å². The molecular weight excluding hydrogens is 244 g/mol. The van der Waals surface area contributed by atoms with E-state index in [1.807, 2.05) is 12.1 Å². The Morgan fingerprint density at radius 1 is 1.26 bits per heavy atom. The molecule has 0 fully saturated rings. The third-order valence-electron chi connectivity index (χ3n) is 3.55. The highest BCUT2D eigenvalue weighted by atomic mass is 16.4. The van der Waals surface area contributed by atoms with Gasteiger partial charge in [0.1, 0.15) is 0 Å². The molecule has 0 aliphatic heterocycles. The van der Waals surface area contributed by atoms with Crippen molar-refractivity contribution in [2.45, 2.75) is 39.7 Å². The molecule has 5 heteroatoms. The Balaban J connectivity index is 2.57. The third kappa shape index (κ3) is 4.05. The predicted molar refractivity (Wildman–Crippen MR) is 71.4 cm³/mol. The Bertz CT molecular complexity index is 428. The number of amides is 1. The molecule has 104 valence electrons. The molecule has 19 heavy (non-hydrogen) atoms. The summed E-state index contributed by atoms with van der Waals surface area (Å²) in [5.41, 5.74) is -0.0141. The van der Waals surface area contributed by atoms with E-state index in [4.69, 9.17) is 0 Å². The zero-order valence-corrected chi connectivity index (χ0v) is 11.3. The van der Waals surface area contributed by atoms with Gasteiger partial charge in [-0.1, -0.05) is 13.8 Å². The van der Waals surface area contributed by atoms with Gasteiger partial charge in [0, 0.05) is 25.4 Å². The van der Waals surface area contributed by atoms with Gasteiger partial charge in [0.05, 0.1) is 5.41 Å². The summed E-state index contributed by atoms with van der Waals surface area (Å²) in [7, 11) is 0. The highest BCUT2D eigenvalue weighted by Crippen LogP contribution is 2.30. The molecule has 0 aliphatic rings. The summed E-state index contributed by atoms with van der Waals surface area (Å²) in [5.74, 6) is -1.14. The smallest absolute Gasteiger partial charge is 0.310 e. The number of hydrogen-bond acceptors (Lipinski definition) is 3. The maximum Gasteiger partial charge on any atom is 0.310 e. The van der Waals surface area contributed by atoms with Gasteiger partial charge in [-0.2, -0.15) is 0 Å². The molecule has 0 aliphatic carbocycles. The average molecular weight is 264 g/mol. The fourth-order valence-corrected chi connectivity index (χ4v) is 1.95. The highest BCUT2D eigenvalue weighted by Gasteiger charge is 2.36. The average Bonchev–Trinajstić information content (AvgIpc) is 2.43. The second kappa shape index (κ2) is 6.87. The molecule has 2 N–H and O–H groups in total. The van der Waals surface area contributed by atoms with Crippen LogP contribution in [0.15, 0.2) is 24.5 Å². The van der Waals surface area contributed by atoms with Crippen molar-refractivity contribution in [2.75, 3.05) is 0 Å². The molecule has 1 aromatic heterocycles. The maximum absolute atomic E-state index is 11.9. The third-order valence-corrected chi connectivity index (χ3v) is 3.55. The largest absolute Gasteiger partial charge is 0.481 e. The first-order valence-electron chi connectivity index (χ1n) is 6.43. The minimum Gasteiger partial charge on any atom is -0.481 e. The van der Waals surface area contributed by atoms with E-state index in [1.54, 1.807) is 26.2 Å². The molecular formula is C14H20N2O3. The van der Waals surface area contributed by atoms with Crippen LogP contribution in [-0.2, 0) is 16.1 Å². The molecule has 0 bridgehead atoms. The van der Waals surface area contributed by atoms with Crippen molar-refractivity contribution < 1.29 is 14.7 Å². The summed E-state index contributed by atoms with van der Waals surface area (Å²) in [5, 5.41) is 12.0. The Kier molecular flexibility index (Phi) is 5.48. The Morgan fingerprint density at radius 2 is 1.84 bits per heavy atom.